The number of anilines is 1. The van der Waals surface area contributed by atoms with Crippen LogP contribution >= 0.6 is 0 Å². The number of H-pyrrole nitrogens is 1. The van der Waals surface area contributed by atoms with Crippen molar-refractivity contribution in [3.8, 4) is 11.1 Å². The second-order valence-electron chi connectivity index (χ2n) is 4.96. The zero-order valence-corrected chi connectivity index (χ0v) is 12.0. The van der Waals surface area contributed by atoms with Gasteiger partial charge in [-0.2, -0.15) is 0 Å². The van der Waals surface area contributed by atoms with Crippen LogP contribution in [0.4, 0.5) is 10.1 Å². The summed E-state index contributed by atoms with van der Waals surface area (Å²) < 4.78 is 13.2. The summed E-state index contributed by atoms with van der Waals surface area (Å²) in [6.07, 6.45) is 1.34. The molecule has 0 saturated heterocycles. The number of pyridine rings is 1. The summed E-state index contributed by atoms with van der Waals surface area (Å²) >= 11 is 0. The Hall–Kier alpha value is -3.21. The summed E-state index contributed by atoms with van der Waals surface area (Å²) in [7, 11) is 0. The fraction of sp³-hybridized carbons (Fsp3) is 0. The molecule has 1 heterocycles. The van der Waals surface area contributed by atoms with Gasteiger partial charge in [-0.05, 0) is 29.8 Å². The van der Waals surface area contributed by atoms with E-state index in [1.807, 2.05) is 18.2 Å². The topological polar surface area (TPSA) is 62.0 Å². The molecule has 0 aliphatic carbocycles. The maximum atomic E-state index is 13.2. The minimum absolute atomic E-state index is 0.279. The highest BCUT2D eigenvalue weighted by molar-refractivity contribution is 6.04. The van der Waals surface area contributed by atoms with Gasteiger partial charge in [0, 0.05) is 17.4 Å². The van der Waals surface area contributed by atoms with Crippen LogP contribution < -0.4 is 10.9 Å². The second-order valence-corrected chi connectivity index (χ2v) is 4.96. The number of hydrogen-bond donors (Lipinski definition) is 2. The van der Waals surface area contributed by atoms with Crippen molar-refractivity contribution < 1.29 is 9.18 Å². The number of amides is 1. The van der Waals surface area contributed by atoms with Gasteiger partial charge >= 0.3 is 0 Å². The fourth-order valence-corrected chi connectivity index (χ4v) is 2.22. The molecule has 0 unspecified atom stereocenters. The van der Waals surface area contributed by atoms with Crippen molar-refractivity contribution in [2.24, 2.45) is 0 Å². The molecule has 3 rings (SSSR count). The predicted molar refractivity (Wildman–Crippen MR) is 86.9 cm³/mol. The first-order chi connectivity index (χ1) is 11.1. The number of carbonyl (C=O) groups is 1. The standard InChI is InChI=1S/C18H13FN2O2/c19-14-7-4-8-15(10-14)21-17(22)13-9-16(18(23)20-11-13)12-5-2-1-3-6-12/h1-11H,(H,20,23)(H,21,22). The van der Waals surface area contributed by atoms with Gasteiger partial charge < -0.3 is 10.3 Å². The van der Waals surface area contributed by atoms with E-state index >= 15 is 0 Å². The lowest BCUT2D eigenvalue weighted by Gasteiger charge is -2.07. The van der Waals surface area contributed by atoms with Crippen LogP contribution in [0.15, 0.2) is 71.7 Å². The molecule has 0 aliphatic heterocycles. The van der Waals surface area contributed by atoms with Gasteiger partial charge in [0.1, 0.15) is 5.82 Å². The van der Waals surface area contributed by atoms with Crippen LogP contribution in [0.5, 0.6) is 0 Å². The SMILES string of the molecule is O=C(Nc1cccc(F)c1)c1c[nH]c(=O)c(-c2ccccc2)c1. The van der Waals surface area contributed by atoms with Crippen molar-refractivity contribution in [1.82, 2.24) is 4.98 Å². The van der Waals surface area contributed by atoms with Crippen molar-refractivity contribution in [3.05, 3.63) is 88.6 Å². The molecule has 0 saturated carbocycles. The van der Waals surface area contributed by atoms with E-state index in [4.69, 9.17) is 0 Å². The van der Waals surface area contributed by atoms with Crippen molar-refractivity contribution >= 4 is 11.6 Å². The van der Waals surface area contributed by atoms with Crippen LogP contribution in [0, 0.1) is 5.82 Å². The number of nitrogens with one attached hydrogen (secondary N) is 2. The van der Waals surface area contributed by atoms with E-state index < -0.39 is 11.7 Å². The molecule has 0 radical (unpaired) electrons. The zero-order chi connectivity index (χ0) is 16.2. The normalized spacial score (nSPS) is 10.3. The molecule has 2 aromatic carbocycles. The van der Waals surface area contributed by atoms with Crippen LogP contribution in [-0.2, 0) is 0 Å². The average molecular weight is 308 g/mol. The molecular formula is C18H13FN2O2. The predicted octanol–water partition coefficient (Wildman–Crippen LogP) is 3.43. The number of aromatic amines is 1. The molecule has 114 valence electrons. The number of aromatic nitrogens is 1. The Bertz CT molecular complexity index is 904. The number of hydrogen-bond acceptors (Lipinski definition) is 2. The van der Waals surface area contributed by atoms with E-state index in [1.165, 1.54) is 30.5 Å². The number of carbonyl (C=O) groups excluding carboxylic acids is 1. The highest BCUT2D eigenvalue weighted by Crippen LogP contribution is 2.16. The third-order valence-corrected chi connectivity index (χ3v) is 3.33. The van der Waals surface area contributed by atoms with E-state index in [0.717, 1.165) is 0 Å². The summed E-state index contributed by atoms with van der Waals surface area (Å²) in [5, 5.41) is 2.60. The van der Waals surface area contributed by atoms with Gasteiger partial charge in [-0.1, -0.05) is 36.4 Å². The molecule has 0 aliphatic rings. The summed E-state index contributed by atoms with van der Waals surface area (Å²) in [5.74, 6) is -0.863. The Labute approximate surface area is 131 Å². The summed E-state index contributed by atoms with van der Waals surface area (Å²) in [6, 6.07) is 16.2. The van der Waals surface area contributed by atoms with E-state index in [2.05, 4.69) is 10.3 Å². The van der Waals surface area contributed by atoms with Crippen LogP contribution in [-0.4, -0.2) is 10.9 Å². The summed E-state index contributed by atoms with van der Waals surface area (Å²) in [6.45, 7) is 0. The van der Waals surface area contributed by atoms with Crippen LogP contribution in [0.1, 0.15) is 10.4 Å². The molecule has 4 nitrogen and oxygen atoms in total. The Morgan fingerprint density at radius 2 is 1.78 bits per heavy atom. The lowest BCUT2D eigenvalue weighted by Crippen LogP contribution is -2.16. The summed E-state index contributed by atoms with van der Waals surface area (Å²) in [5.41, 5.74) is 1.47. The minimum Gasteiger partial charge on any atom is -0.328 e. The molecule has 0 fully saturated rings. The molecular weight excluding hydrogens is 295 g/mol. The molecule has 0 atom stereocenters. The molecule has 2 N–H and O–H groups in total. The second kappa shape index (κ2) is 6.27. The Morgan fingerprint density at radius 1 is 1.00 bits per heavy atom. The molecule has 23 heavy (non-hydrogen) atoms. The monoisotopic (exact) mass is 308 g/mol. The molecule has 1 amide bonds. The third kappa shape index (κ3) is 3.35. The van der Waals surface area contributed by atoms with Crippen LogP contribution in [0.3, 0.4) is 0 Å². The number of halogens is 1. The van der Waals surface area contributed by atoms with Gasteiger partial charge in [-0.15, -0.1) is 0 Å². The Morgan fingerprint density at radius 3 is 2.52 bits per heavy atom. The van der Waals surface area contributed by atoms with Crippen molar-refractivity contribution in [1.29, 1.82) is 0 Å². The minimum atomic E-state index is -0.436. The van der Waals surface area contributed by atoms with Gasteiger partial charge in [0.05, 0.1) is 5.56 Å². The number of rotatable bonds is 3. The first-order valence-electron chi connectivity index (χ1n) is 6.98. The Kier molecular flexibility index (Phi) is 4.01. The van der Waals surface area contributed by atoms with Gasteiger partial charge in [-0.25, -0.2) is 4.39 Å². The molecule has 0 spiro atoms. The largest absolute Gasteiger partial charge is 0.328 e. The lowest BCUT2D eigenvalue weighted by atomic mass is 10.1. The average Bonchev–Trinajstić information content (AvgIpc) is 2.56. The van der Waals surface area contributed by atoms with E-state index in [1.54, 1.807) is 18.2 Å². The highest BCUT2D eigenvalue weighted by atomic mass is 19.1. The van der Waals surface area contributed by atoms with Crippen molar-refractivity contribution in [2.45, 2.75) is 0 Å². The van der Waals surface area contributed by atoms with Gasteiger partial charge in [-0.3, -0.25) is 9.59 Å². The van der Waals surface area contributed by atoms with Crippen molar-refractivity contribution in [3.63, 3.8) is 0 Å². The van der Waals surface area contributed by atoms with E-state index in [0.29, 0.717) is 16.8 Å². The highest BCUT2D eigenvalue weighted by Gasteiger charge is 2.11. The van der Waals surface area contributed by atoms with Crippen LogP contribution in [0.2, 0.25) is 0 Å². The van der Waals surface area contributed by atoms with Crippen LogP contribution in [0.25, 0.3) is 11.1 Å². The van der Waals surface area contributed by atoms with Gasteiger partial charge in [0.25, 0.3) is 11.5 Å². The molecule has 0 bridgehead atoms. The summed E-state index contributed by atoms with van der Waals surface area (Å²) in [4.78, 5) is 26.8. The molecule has 1 aromatic heterocycles. The maximum Gasteiger partial charge on any atom is 0.257 e. The van der Waals surface area contributed by atoms with E-state index in [-0.39, 0.29) is 11.1 Å². The molecule has 3 aromatic rings. The first-order valence-corrected chi connectivity index (χ1v) is 6.98. The van der Waals surface area contributed by atoms with E-state index in [9.17, 15) is 14.0 Å². The van der Waals surface area contributed by atoms with Gasteiger partial charge in [0.15, 0.2) is 0 Å². The smallest absolute Gasteiger partial charge is 0.257 e. The van der Waals surface area contributed by atoms with Crippen molar-refractivity contribution in [2.75, 3.05) is 5.32 Å². The number of benzene rings is 2. The zero-order valence-electron chi connectivity index (χ0n) is 12.0. The lowest BCUT2D eigenvalue weighted by molar-refractivity contribution is 0.102. The quantitative estimate of drug-likeness (QED) is 0.778. The third-order valence-electron chi connectivity index (χ3n) is 3.33. The Balaban J connectivity index is 1.92. The van der Waals surface area contributed by atoms with Gasteiger partial charge in [0.2, 0.25) is 0 Å². The fourth-order valence-electron chi connectivity index (χ4n) is 2.22. The molecule has 5 heteroatoms. The maximum absolute atomic E-state index is 13.2. The first kappa shape index (κ1) is 14.7.